The third-order valence-corrected chi connectivity index (χ3v) is 6.01. The van der Waals surface area contributed by atoms with Crippen molar-refractivity contribution in [2.24, 2.45) is 0 Å². The quantitative estimate of drug-likeness (QED) is 0.334. The summed E-state index contributed by atoms with van der Waals surface area (Å²) in [7, 11) is 0. The fourth-order valence-corrected chi connectivity index (χ4v) is 4.38. The van der Waals surface area contributed by atoms with Gasteiger partial charge in [0.05, 0.1) is 11.4 Å². The molecule has 2 heterocycles. The van der Waals surface area contributed by atoms with Crippen LogP contribution in [0.5, 0.6) is 0 Å². The highest BCUT2D eigenvalue weighted by Gasteiger charge is 2.42. The summed E-state index contributed by atoms with van der Waals surface area (Å²) in [4.78, 5) is 16.1. The van der Waals surface area contributed by atoms with Crippen LogP contribution in [0.2, 0.25) is 0 Å². The van der Waals surface area contributed by atoms with E-state index in [4.69, 9.17) is 5.73 Å². The minimum absolute atomic E-state index is 0.193. The van der Waals surface area contributed by atoms with Crippen LogP contribution in [0.1, 0.15) is 9.67 Å². The first kappa shape index (κ1) is 19.6. The summed E-state index contributed by atoms with van der Waals surface area (Å²) in [5.74, 6) is -1.96. The molecule has 0 aliphatic carbocycles. The van der Waals surface area contributed by atoms with Crippen molar-refractivity contribution in [1.29, 1.82) is 0 Å². The molecule has 0 bridgehead atoms. The van der Waals surface area contributed by atoms with Crippen molar-refractivity contribution in [2.45, 2.75) is 6.18 Å². The average Bonchev–Trinajstić information content (AvgIpc) is 3.03. The minimum Gasteiger partial charge on any atom is -0.397 e. The summed E-state index contributed by atoms with van der Waals surface area (Å²) in [5.41, 5.74) is 8.61. The number of Topliss-reactive ketones (excluding diaryl/α,β-unsaturated/α-hetero) is 1. The van der Waals surface area contributed by atoms with E-state index in [1.54, 1.807) is 6.07 Å². The van der Waals surface area contributed by atoms with Gasteiger partial charge in [0, 0.05) is 15.4 Å². The molecule has 2 aromatic carbocycles. The first-order valence-corrected chi connectivity index (χ1v) is 10.0. The van der Waals surface area contributed by atoms with E-state index in [1.165, 1.54) is 0 Å². The van der Waals surface area contributed by atoms with Crippen molar-refractivity contribution < 1.29 is 18.0 Å². The Labute approximate surface area is 176 Å². The molecule has 0 atom stereocenters. The maximum absolute atomic E-state index is 13.0. The number of rotatable bonds is 3. The number of carbonyl (C=O) groups excluding carboxylic acids is 1. The first-order chi connectivity index (χ1) is 13.8. The highest BCUT2D eigenvalue weighted by molar-refractivity contribution is 9.10. The van der Waals surface area contributed by atoms with Gasteiger partial charge in [-0.3, -0.25) is 4.79 Å². The number of anilines is 1. The highest BCUT2D eigenvalue weighted by Crippen LogP contribution is 2.43. The van der Waals surface area contributed by atoms with Gasteiger partial charge in [0.1, 0.15) is 9.71 Å². The van der Waals surface area contributed by atoms with E-state index < -0.39 is 16.8 Å². The number of hydrogen-bond acceptors (Lipinski definition) is 4. The standard InChI is InChI=1S/C21H12BrF3N2OS/c22-13-8-6-12(7-9-13)15-10-14(11-4-2-1-3-5-11)16-17(26)18(29-20(16)27-15)19(28)21(23,24)25/h1-10H,26H2. The van der Waals surface area contributed by atoms with E-state index in [2.05, 4.69) is 20.9 Å². The second kappa shape index (κ2) is 7.27. The molecule has 29 heavy (non-hydrogen) atoms. The van der Waals surface area contributed by atoms with Crippen molar-refractivity contribution >= 4 is 49.0 Å². The molecule has 2 N–H and O–H groups in total. The van der Waals surface area contributed by atoms with Crippen molar-refractivity contribution in [3.8, 4) is 22.4 Å². The number of carbonyl (C=O) groups is 1. The molecule has 0 spiro atoms. The van der Waals surface area contributed by atoms with E-state index in [0.29, 0.717) is 28.0 Å². The number of halogens is 4. The summed E-state index contributed by atoms with van der Waals surface area (Å²) in [5, 5.41) is 0.356. The number of aromatic nitrogens is 1. The van der Waals surface area contributed by atoms with Gasteiger partial charge in [0.15, 0.2) is 0 Å². The summed E-state index contributed by atoms with van der Waals surface area (Å²) < 4.78 is 40.0. The van der Waals surface area contributed by atoms with E-state index in [9.17, 15) is 18.0 Å². The summed E-state index contributed by atoms with van der Waals surface area (Å²) >= 11 is 4.04. The molecule has 0 saturated carbocycles. The van der Waals surface area contributed by atoms with E-state index in [-0.39, 0.29) is 10.5 Å². The van der Waals surface area contributed by atoms with Crippen molar-refractivity contribution in [3.05, 3.63) is 70.0 Å². The molecule has 146 valence electrons. The van der Waals surface area contributed by atoms with Gasteiger partial charge in [0.25, 0.3) is 5.78 Å². The van der Waals surface area contributed by atoms with Gasteiger partial charge in [0.2, 0.25) is 0 Å². The molecule has 0 saturated heterocycles. The van der Waals surface area contributed by atoms with Crippen LogP contribution in [0.3, 0.4) is 0 Å². The number of alkyl halides is 3. The number of thiophene rings is 1. The molecular weight excluding hydrogens is 465 g/mol. The third kappa shape index (κ3) is 3.65. The number of nitrogens with zero attached hydrogens (tertiary/aromatic N) is 1. The van der Waals surface area contributed by atoms with Gasteiger partial charge in [-0.25, -0.2) is 4.98 Å². The predicted octanol–water partition coefficient (Wildman–Crippen LogP) is 6.72. The number of nitrogen functional groups attached to an aromatic ring is 1. The summed E-state index contributed by atoms with van der Waals surface area (Å²) in [6.07, 6.45) is -5.00. The maximum atomic E-state index is 13.0. The van der Waals surface area contributed by atoms with Crippen molar-refractivity contribution in [3.63, 3.8) is 0 Å². The highest BCUT2D eigenvalue weighted by atomic mass is 79.9. The number of hydrogen-bond donors (Lipinski definition) is 1. The Morgan fingerprint density at radius 2 is 1.66 bits per heavy atom. The summed E-state index contributed by atoms with van der Waals surface area (Å²) in [6, 6.07) is 18.4. The number of fused-ring (bicyclic) bond motifs is 1. The molecule has 8 heteroatoms. The molecular formula is C21H12BrF3N2OS. The first-order valence-electron chi connectivity index (χ1n) is 8.41. The van der Waals surface area contributed by atoms with E-state index in [1.807, 2.05) is 54.6 Å². The lowest BCUT2D eigenvalue weighted by molar-refractivity contribution is -0.0881. The molecule has 3 nitrogen and oxygen atoms in total. The van der Waals surface area contributed by atoms with Crippen LogP contribution in [0, 0.1) is 0 Å². The van der Waals surface area contributed by atoms with Crippen molar-refractivity contribution in [1.82, 2.24) is 4.98 Å². The smallest absolute Gasteiger partial charge is 0.397 e. The lowest BCUT2D eigenvalue weighted by Gasteiger charge is -2.09. The minimum atomic E-state index is -5.00. The maximum Gasteiger partial charge on any atom is 0.455 e. The van der Waals surface area contributed by atoms with Gasteiger partial charge in [-0.15, -0.1) is 11.3 Å². The second-order valence-corrected chi connectivity index (χ2v) is 8.19. The van der Waals surface area contributed by atoms with Gasteiger partial charge < -0.3 is 5.73 Å². The normalized spacial score (nSPS) is 11.7. The van der Waals surface area contributed by atoms with Crippen LogP contribution < -0.4 is 5.73 Å². The second-order valence-electron chi connectivity index (χ2n) is 6.28. The van der Waals surface area contributed by atoms with Crippen LogP contribution in [0.15, 0.2) is 65.1 Å². The zero-order chi connectivity index (χ0) is 20.8. The summed E-state index contributed by atoms with van der Waals surface area (Å²) in [6.45, 7) is 0. The van der Waals surface area contributed by atoms with Crippen LogP contribution in [0.25, 0.3) is 32.6 Å². The zero-order valence-electron chi connectivity index (χ0n) is 14.6. The zero-order valence-corrected chi connectivity index (χ0v) is 17.0. The molecule has 4 aromatic rings. The Bertz CT molecular complexity index is 1220. The van der Waals surface area contributed by atoms with Gasteiger partial charge in [-0.1, -0.05) is 58.4 Å². The lowest BCUT2D eigenvalue weighted by atomic mass is 9.99. The molecule has 4 rings (SSSR count). The fourth-order valence-electron chi connectivity index (χ4n) is 3.03. The SMILES string of the molecule is Nc1c(C(=O)C(F)(F)F)sc2nc(-c3ccc(Br)cc3)cc(-c3ccccc3)c12. The third-order valence-electron chi connectivity index (χ3n) is 4.39. The Kier molecular flexibility index (Phi) is 4.92. The molecule has 0 fully saturated rings. The lowest BCUT2D eigenvalue weighted by Crippen LogP contribution is -2.22. The topological polar surface area (TPSA) is 56.0 Å². The monoisotopic (exact) mass is 476 g/mol. The Hall–Kier alpha value is -2.71. The van der Waals surface area contributed by atoms with E-state index >= 15 is 0 Å². The van der Waals surface area contributed by atoms with Crippen molar-refractivity contribution in [2.75, 3.05) is 5.73 Å². The number of pyridine rings is 1. The molecule has 0 unspecified atom stereocenters. The van der Waals surface area contributed by atoms with Crippen LogP contribution in [-0.2, 0) is 0 Å². The number of nitrogens with two attached hydrogens (primary N) is 1. The average molecular weight is 477 g/mol. The molecule has 0 amide bonds. The van der Waals surface area contributed by atoms with Crippen LogP contribution >= 0.6 is 27.3 Å². The molecule has 0 aliphatic rings. The van der Waals surface area contributed by atoms with Gasteiger partial charge in [-0.05, 0) is 29.3 Å². The Morgan fingerprint density at radius 3 is 2.28 bits per heavy atom. The van der Waals surface area contributed by atoms with Crippen LogP contribution in [0.4, 0.5) is 18.9 Å². The fraction of sp³-hybridized carbons (Fsp3) is 0.0476. The van der Waals surface area contributed by atoms with Gasteiger partial charge >= 0.3 is 6.18 Å². The molecule has 0 aliphatic heterocycles. The molecule has 2 aromatic heterocycles. The number of benzene rings is 2. The predicted molar refractivity (Wildman–Crippen MR) is 113 cm³/mol. The molecule has 0 radical (unpaired) electrons. The van der Waals surface area contributed by atoms with Gasteiger partial charge in [-0.2, -0.15) is 13.2 Å². The number of ketones is 1. The Morgan fingerprint density at radius 1 is 1.00 bits per heavy atom. The van der Waals surface area contributed by atoms with E-state index in [0.717, 1.165) is 15.6 Å². The Balaban J connectivity index is 2.02. The van der Waals surface area contributed by atoms with Crippen LogP contribution in [-0.4, -0.2) is 16.9 Å². The largest absolute Gasteiger partial charge is 0.455 e.